The van der Waals surface area contributed by atoms with Crippen molar-refractivity contribution in [3.8, 4) is 0 Å². The molecule has 2 atom stereocenters. The summed E-state index contributed by atoms with van der Waals surface area (Å²) in [5.74, 6) is 3.41. The van der Waals surface area contributed by atoms with Crippen LogP contribution < -0.4 is 5.32 Å². The molecule has 3 heterocycles. The van der Waals surface area contributed by atoms with Gasteiger partial charge in [0, 0.05) is 45.2 Å². The molecule has 3 rings (SSSR count). The van der Waals surface area contributed by atoms with E-state index in [0.717, 1.165) is 63.4 Å². The summed E-state index contributed by atoms with van der Waals surface area (Å²) in [6.45, 7) is 13.8. The summed E-state index contributed by atoms with van der Waals surface area (Å²) < 4.78 is 7.66. The maximum atomic E-state index is 5.65. The number of likely N-dealkylation sites (tertiary alicyclic amines) is 2. The monoisotopic (exact) mass is 519 g/mol. The van der Waals surface area contributed by atoms with E-state index in [1.807, 2.05) is 18.5 Å². The minimum Gasteiger partial charge on any atom is -0.381 e. The number of likely N-dealkylation sites (N-methyl/N-ethyl adjacent to an activating group) is 1. The number of rotatable bonds is 8. The molecule has 0 radical (unpaired) electrons. The predicted octanol–water partition coefficient (Wildman–Crippen LogP) is 2.03. The summed E-state index contributed by atoms with van der Waals surface area (Å²) in [5.41, 5.74) is 0. The molecular formula is C20H38IN7O. The molecule has 2 saturated heterocycles. The third-order valence-electron chi connectivity index (χ3n) is 6.10. The molecule has 0 amide bonds. The molecule has 1 aromatic rings. The molecule has 2 fully saturated rings. The summed E-state index contributed by atoms with van der Waals surface area (Å²) in [4.78, 5) is 9.88. The van der Waals surface area contributed by atoms with Crippen LogP contribution in [-0.4, -0.2) is 82.5 Å². The second-order valence-electron chi connectivity index (χ2n) is 7.93. The Bertz CT molecular complexity index is 651. The van der Waals surface area contributed by atoms with Crippen LogP contribution in [0.2, 0.25) is 0 Å². The van der Waals surface area contributed by atoms with Crippen molar-refractivity contribution in [2.75, 3.05) is 45.9 Å². The van der Waals surface area contributed by atoms with Gasteiger partial charge < -0.3 is 19.5 Å². The van der Waals surface area contributed by atoms with E-state index in [1.54, 1.807) is 0 Å². The van der Waals surface area contributed by atoms with E-state index >= 15 is 0 Å². The molecule has 29 heavy (non-hydrogen) atoms. The summed E-state index contributed by atoms with van der Waals surface area (Å²) in [7, 11) is 2.00. The van der Waals surface area contributed by atoms with Crippen molar-refractivity contribution < 1.29 is 4.74 Å². The Hall–Kier alpha value is -0.940. The first-order valence-electron chi connectivity index (χ1n) is 10.8. The fourth-order valence-electron chi connectivity index (χ4n) is 4.20. The molecule has 0 spiro atoms. The van der Waals surface area contributed by atoms with Gasteiger partial charge >= 0.3 is 0 Å². The Morgan fingerprint density at radius 2 is 2.07 bits per heavy atom. The van der Waals surface area contributed by atoms with Gasteiger partial charge in [-0.15, -0.1) is 34.2 Å². The van der Waals surface area contributed by atoms with Gasteiger partial charge in [0.25, 0.3) is 0 Å². The number of nitrogens with one attached hydrogen (secondary N) is 1. The highest BCUT2D eigenvalue weighted by Gasteiger charge is 2.27. The normalized spacial score (nSPS) is 22.9. The maximum Gasteiger partial charge on any atom is 0.194 e. The summed E-state index contributed by atoms with van der Waals surface area (Å²) in [6.07, 6.45) is 3.73. The van der Waals surface area contributed by atoms with Gasteiger partial charge in [-0.2, -0.15) is 0 Å². The number of ether oxygens (including phenoxy) is 1. The van der Waals surface area contributed by atoms with E-state index in [1.165, 1.54) is 19.4 Å². The first-order chi connectivity index (χ1) is 13.6. The quantitative estimate of drug-likeness (QED) is 0.322. The number of halogens is 1. The summed E-state index contributed by atoms with van der Waals surface area (Å²) >= 11 is 0. The van der Waals surface area contributed by atoms with E-state index in [9.17, 15) is 0 Å². The SMILES string of the molecule is CCOCC1CCN(C(=NCc2nnc(C)n2C)NCC2CCCN2CC)C1.I. The number of guanidine groups is 1. The van der Waals surface area contributed by atoms with Crippen molar-refractivity contribution in [3.05, 3.63) is 11.6 Å². The lowest BCUT2D eigenvalue weighted by molar-refractivity contribution is 0.114. The molecule has 9 heteroatoms. The zero-order chi connectivity index (χ0) is 19.9. The van der Waals surface area contributed by atoms with Crippen molar-refractivity contribution in [1.82, 2.24) is 29.9 Å². The van der Waals surface area contributed by atoms with Crippen molar-refractivity contribution in [3.63, 3.8) is 0 Å². The molecule has 0 aromatic carbocycles. The van der Waals surface area contributed by atoms with Crippen LogP contribution in [0, 0.1) is 12.8 Å². The Kier molecular flexibility index (Phi) is 10.1. The second-order valence-corrected chi connectivity index (χ2v) is 7.93. The molecule has 0 aliphatic carbocycles. The van der Waals surface area contributed by atoms with E-state index in [4.69, 9.17) is 9.73 Å². The van der Waals surface area contributed by atoms with Crippen molar-refractivity contribution >= 4 is 29.9 Å². The van der Waals surface area contributed by atoms with Crippen LogP contribution in [0.15, 0.2) is 4.99 Å². The first kappa shape index (κ1) is 24.3. The molecule has 0 bridgehead atoms. The van der Waals surface area contributed by atoms with Crippen molar-refractivity contribution in [2.45, 2.75) is 52.6 Å². The zero-order valence-corrected chi connectivity index (χ0v) is 20.8. The highest BCUT2D eigenvalue weighted by Crippen LogP contribution is 2.18. The molecule has 0 saturated carbocycles. The standard InChI is InChI=1S/C20H37N7O.HI/c1-5-26-10-7-8-18(26)12-21-20(22-13-19-24-23-16(3)25(19)4)27-11-9-17(14-27)15-28-6-2;/h17-18H,5-15H2,1-4H3,(H,21,22);1H. The fourth-order valence-corrected chi connectivity index (χ4v) is 4.20. The third kappa shape index (κ3) is 6.52. The summed E-state index contributed by atoms with van der Waals surface area (Å²) in [6, 6.07) is 0.606. The van der Waals surface area contributed by atoms with Crippen molar-refractivity contribution in [1.29, 1.82) is 0 Å². The van der Waals surface area contributed by atoms with Gasteiger partial charge in [0.15, 0.2) is 11.8 Å². The second kappa shape index (κ2) is 12.0. The van der Waals surface area contributed by atoms with Crippen LogP contribution in [0.3, 0.4) is 0 Å². The highest BCUT2D eigenvalue weighted by molar-refractivity contribution is 14.0. The van der Waals surface area contributed by atoms with Gasteiger partial charge in [-0.05, 0) is 46.2 Å². The smallest absolute Gasteiger partial charge is 0.194 e. The fraction of sp³-hybridized carbons (Fsp3) is 0.850. The van der Waals surface area contributed by atoms with Crippen LogP contribution in [0.5, 0.6) is 0 Å². The molecule has 1 N–H and O–H groups in total. The average molecular weight is 519 g/mol. The summed E-state index contributed by atoms with van der Waals surface area (Å²) in [5, 5.41) is 12.1. The number of hydrogen-bond donors (Lipinski definition) is 1. The Morgan fingerprint density at radius 3 is 2.76 bits per heavy atom. The number of aliphatic imine (C=N–C) groups is 1. The molecule has 2 aliphatic rings. The van der Waals surface area contributed by atoms with Crippen molar-refractivity contribution in [2.24, 2.45) is 18.0 Å². The lowest BCUT2D eigenvalue weighted by atomic mass is 10.1. The van der Waals surface area contributed by atoms with Gasteiger partial charge in [-0.1, -0.05) is 6.92 Å². The van der Waals surface area contributed by atoms with E-state index < -0.39 is 0 Å². The third-order valence-corrected chi connectivity index (χ3v) is 6.10. The topological polar surface area (TPSA) is 70.8 Å². The van der Waals surface area contributed by atoms with Crippen LogP contribution >= 0.6 is 24.0 Å². The van der Waals surface area contributed by atoms with E-state index in [-0.39, 0.29) is 24.0 Å². The molecule has 2 aliphatic heterocycles. The molecule has 2 unspecified atom stereocenters. The molecule has 8 nitrogen and oxygen atoms in total. The Balaban J connectivity index is 0.00000300. The minimum atomic E-state index is 0. The van der Waals surface area contributed by atoms with Gasteiger partial charge in [-0.25, -0.2) is 4.99 Å². The Labute approximate surface area is 192 Å². The van der Waals surface area contributed by atoms with Gasteiger partial charge in [0.2, 0.25) is 0 Å². The van der Waals surface area contributed by atoms with Crippen LogP contribution in [0.25, 0.3) is 0 Å². The first-order valence-corrected chi connectivity index (χ1v) is 10.8. The number of nitrogens with zero attached hydrogens (tertiary/aromatic N) is 6. The maximum absolute atomic E-state index is 5.65. The Morgan fingerprint density at radius 1 is 1.24 bits per heavy atom. The molecular weight excluding hydrogens is 481 g/mol. The van der Waals surface area contributed by atoms with E-state index in [0.29, 0.717) is 18.5 Å². The largest absolute Gasteiger partial charge is 0.381 e. The van der Waals surface area contributed by atoms with Gasteiger partial charge in [0.1, 0.15) is 12.4 Å². The number of aryl methyl sites for hydroxylation is 1. The predicted molar refractivity (Wildman–Crippen MR) is 127 cm³/mol. The lowest BCUT2D eigenvalue weighted by Gasteiger charge is -2.27. The van der Waals surface area contributed by atoms with Gasteiger partial charge in [0.05, 0.1) is 6.61 Å². The number of hydrogen-bond acceptors (Lipinski definition) is 5. The minimum absolute atomic E-state index is 0. The van der Waals surface area contributed by atoms with Crippen LogP contribution in [-0.2, 0) is 18.3 Å². The van der Waals surface area contributed by atoms with Crippen LogP contribution in [0.4, 0.5) is 0 Å². The van der Waals surface area contributed by atoms with Gasteiger partial charge in [-0.3, -0.25) is 4.90 Å². The van der Waals surface area contributed by atoms with Crippen LogP contribution in [0.1, 0.15) is 44.8 Å². The zero-order valence-electron chi connectivity index (χ0n) is 18.4. The van der Waals surface area contributed by atoms with E-state index in [2.05, 4.69) is 39.2 Å². The molecule has 1 aromatic heterocycles. The molecule has 166 valence electrons. The number of aromatic nitrogens is 3. The highest BCUT2D eigenvalue weighted by atomic mass is 127. The average Bonchev–Trinajstić information content (AvgIpc) is 3.42. The lowest BCUT2D eigenvalue weighted by Crippen LogP contribution is -2.46.